The summed E-state index contributed by atoms with van der Waals surface area (Å²) in [6.45, 7) is 5.91. The molecule has 0 radical (unpaired) electrons. The van der Waals surface area contributed by atoms with Crippen molar-refractivity contribution < 1.29 is 23.9 Å². The Labute approximate surface area is 268 Å². The van der Waals surface area contributed by atoms with E-state index in [4.69, 9.17) is 9.47 Å². The zero-order valence-corrected chi connectivity index (χ0v) is 26.8. The Balaban J connectivity index is 1.57. The molecule has 0 saturated carbocycles. The number of amides is 3. The summed E-state index contributed by atoms with van der Waals surface area (Å²) in [6.07, 6.45) is 2.15. The Bertz CT molecular complexity index is 1680. The second-order valence-electron chi connectivity index (χ2n) is 10.2. The molecule has 1 unspecified atom stereocenters. The molecule has 0 saturated heterocycles. The van der Waals surface area contributed by atoms with Gasteiger partial charge in [-0.25, -0.2) is 0 Å². The maximum absolute atomic E-state index is 13.7. The number of methoxy groups -OCH3 is 2. The normalized spacial score (nSPS) is 11.7. The van der Waals surface area contributed by atoms with Gasteiger partial charge in [0.05, 0.1) is 19.5 Å². The lowest BCUT2D eigenvalue weighted by Gasteiger charge is -2.18. The first-order valence-corrected chi connectivity index (χ1v) is 15.4. The monoisotopic (exact) mass is 623 g/mol. The number of hydrogen-bond acceptors (Lipinski definition) is 6. The van der Waals surface area contributed by atoms with E-state index >= 15 is 0 Å². The van der Waals surface area contributed by atoms with Crippen LogP contribution in [0.5, 0.6) is 11.5 Å². The second kappa shape index (κ2) is 15.6. The number of aryl methyl sites for hydroxylation is 2. The molecule has 0 fully saturated rings. The maximum Gasteiger partial charge on any atom is 0.272 e. The van der Waals surface area contributed by atoms with Crippen LogP contribution in [0.1, 0.15) is 40.4 Å². The lowest BCUT2D eigenvalue weighted by molar-refractivity contribution is -0.116. The van der Waals surface area contributed by atoms with Crippen molar-refractivity contribution in [3.63, 3.8) is 0 Å². The molecule has 1 atom stereocenters. The van der Waals surface area contributed by atoms with Gasteiger partial charge in [0.2, 0.25) is 5.91 Å². The van der Waals surface area contributed by atoms with Crippen molar-refractivity contribution in [1.82, 2.24) is 5.32 Å². The summed E-state index contributed by atoms with van der Waals surface area (Å²) in [6, 6.07) is 27.0. The quantitative estimate of drug-likeness (QED) is 0.114. The summed E-state index contributed by atoms with van der Waals surface area (Å²) in [4.78, 5) is 40.8. The van der Waals surface area contributed by atoms with Crippen molar-refractivity contribution >= 4 is 46.9 Å². The molecule has 0 aliphatic rings. The van der Waals surface area contributed by atoms with Gasteiger partial charge in [-0.05, 0) is 86.0 Å². The van der Waals surface area contributed by atoms with Gasteiger partial charge < -0.3 is 25.4 Å². The fourth-order valence-electron chi connectivity index (χ4n) is 4.60. The number of carbonyl (C=O) groups excluding carboxylic acids is 3. The van der Waals surface area contributed by atoms with Crippen molar-refractivity contribution in [3.05, 3.63) is 119 Å². The molecule has 0 spiro atoms. The highest BCUT2D eigenvalue weighted by atomic mass is 32.2. The molecule has 4 aromatic rings. The van der Waals surface area contributed by atoms with E-state index in [1.54, 1.807) is 67.8 Å². The largest absolute Gasteiger partial charge is 0.497 e. The van der Waals surface area contributed by atoms with E-state index in [0.29, 0.717) is 34.7 Å². The molecule has 3 N–H and O–H groups in total. The topological polar surface area (TPSA) is 106 Å². The number of nitrogens with one attached hydrogen (secondary N) is 3. The number of thioether (sulfide) groups is 1. The fraction of sp³-hybridized carbons (Fsp3) is 0.194. The average molecular weight is 624 g/mol. The van der Waals surface area contributed by atoms with Crippen LogP contribution in [-0.4, -0.2) is 37.2 Å². The molecule has 8 nitrogen and oxygen atoms in total. The van der Waals surface area contributed by atoms with Crippen LogP contribution >= 0.6 is 11.8 Å². The highest BCUT2D eigenvalue weighted by Crippen LogP contribution is 2.30. The third-order valence-electron chi connectivity index (χ3n) is 7.03. The first-order chi connectivity index (χ1) is 21.7. The van der Waals surface area contributed by atoms with Gasteiger partial charge in [-0.15, -0.1) is 11.8 Å². The van der Waals surface area contributed by atoms with Crippen molar-refractivity contribution in [1.29, 1.82) is 0 Å². The maximum atomic E-state index is 13.7. The van der Waals surface area contributed by atoms with Gasteiger partial charge in [-0.2, -0.15) is 0 Å². The number of carbonyl (C=O) groups is 3. The van der Waals surface area contributed by atoms with Crippen LogP contribution in [-0.2, 0) is 9.59 Å². The predicted molar refractivity (Wildman–Crippen MR) is 181 cm³/mol. The first kappa shape index (κ1) is 32.9. The van der Waals surface area contributed by atoms with Crippen molar-refractivity contribution in [2.24, 2.45) is 0 Å². The lowest BCUT2D eigenvalue weighted by Crippen LogP contribution is -2.30. The smallest absolute Gasteiger partial charge is 0.272 e. The predicted octanol–water partition coefficient (Wildman–Crippen LogP) is 7.24. The Kier molecular flexibility index (Phi) is 11.4. The Morgan fingerprint density at radius 3 is 2.20 bits per heavy atom. The van der Waals surface area contributed by atoms with Crippen molar-refractivity contribution in [2.75, 3.05) is 24.9 Å². The molecule has 0 aromatic heterocycles. The molecular weight excluding hydrogens is 586 g/mol. The third-order valence-corrected chi connectivity index (χ3v) is 8.39. The first-order valence-electron chi connectivity index (χ1n) is 14.5. The summed E-state index contributed by atoms with van der Waals surface area (Å²) in [5, 5.41) is 8.38. The SMILES string of the molecule is CCC(Sc1cccc(NC(=O)/C(=C\c2cc(OC)ccc2OC)NC(=O)c2ccccc2)c1)C(=O)Nc1c(C)cccc1C. The van der Waals surface area contributed by atoms with Crippen LogP contribution in [0, 0.1) is 13.8 Å². The minimum absolute atomic E-state index is 0.00729. The molecule has 4 aromatic carbocycles. The molecule has 3 amide bonds. The van der Waals surface area contributed by atoms with Crippen LogP contribution in [0.25, 0.3) is 6.08 Å². The van der Waals surface area contributed by atoms with E-state index in [-0.39, 0.29) is 16.9 Å². The van der Waals surface area contributed by atoms with Gasteiger partial charge in [0.15, 0.2) is 0 Å². The molecule has 0 aliphatic heterocycles. The number of para-hydroxylation sites is 1. The van der Waals surface area contributed by atoms with Gasteiger partial charge in [-0.3, -0.25) is 14.4 Å². The van der Waals surface area contributed by atoms with Gasteiger partial charge >= 0.3 is 0 Å². The molecular formula is C36H37N3O5S. The average Bonchev–Trinajstić information content (AvgIpc) is 3.05. The Morgan fingerprint density at radius 1 is 0.822 bits per heavy atom. The van der Waals surface area contributed by atoms with E-state index in [1.165, 1.54) is 18.9 Å². The van der Waals surface area contributed by atoms with Gasteiger partial charge in [0.1, 0.15) is 17.2 Å². The van der Waals surface area contributed by atoms with Crippen LogP contribution in [0.4, 0.5) is 11.4 Å². The number of anilines is 2. The number of rotatable bonds is 12. The highest BCUT2D eigenvalue weighted by Gasteiger charge is 2.21. The lowest BCUT2D eigenvalue weighted by atomic mass is 10.1. The van der Waals surface area contributed by atoms with Gasteiger partial charge in [0, 0.05) is 27.4 Å². The van der Waals surface area contributed by atoms with E-state index in [9.17, 15) is 14.4 Å². The van der Waals surface area contributed by atoms with Crippen molar-refractivity contribution in [2.45, 2.75) is 37.3 Å². The van der Waals surface area contributed by atoms with E-state index in [2.05, 4.69) is 16.0 Å². The molecule has 0 heterocycles. The Morgan fingerprint density at radius 2 is 1.53 bits per heavy atom. The van der Waals surface area contributed by atoms with Gasteiger partial charge in [0.25, 0.3) is 11.8 Å². The van der Waals surface area contributed by atoms with E-state index in [0.717, 1.165) is 21.7 Å². The summed E-state index contributed by atoms with van der Waals surface area (Å²) < 4.78 is 10.8. The summed E-state index contributed by atoms with van der Waals surface area (Å²) >= 11 is 1.42. The third kappa shape index (κ3) is 8.77. The van der Waals surface area contributed by atoms with Crippen LogP contribution < -0.4 is 25.4 Å². The zero-order chi connectivity index (χ0) is 32.3. The van der Waals surface area contributed by atoms with Crippen molar-refractivity contribution in [3.8, 4) is 11.5 Å². The van der Waals surface area contributed by atoms with Gasteiger partial charge in [-0.1, -0.05) is 49.4 Å². The Hall–Kier alpha value is -5.02. The second-order valence-corrected chi connectivity index (χ2v) is 11.5. The minimum atomic E-state index is -0.536. The number of ether oxygens (including phenoxy) is 2. The van der Waals surface area contributed by atoms with Crippen LogP contribution in [0.3, 0.4) is 0 Å². The summed E-state index contributed by atoms with van der Waals surface area (Å²) in [7, 11) is 3.07. The summed E-state index contributed by atoms with van der Waals surface area (Å²) in [5.74, 6) is -0.00310. The summed E-state index contributed by atoms with van der Waals surface area (Å²) in [5.41, 5.74) is 4.29. The fourth-order valence-corrected chi connectivity index (χ4v) is 5.61. The number of benzene rings is 4. The zero-order valence-electron chi connectivity index (χ0n) is 26.0. The molecule has 45 heavy (non-hydrogen) atoms. The van der Waals surface area contributed by atoms with E-state index < -0.39 is 11.8 Å². The molecule has 0 aliphatic carbocycles. The highest BCUT2D eigenvalue weighted by molar-refractivity contribution is 8.00. The molecule has 9 heteroatoms. The molecule has 0 bridgehead atoms. The molecule has 4 rings (SSSR count). The standard InChI is InChI=1S/C36H37N3O5S/c1-6-32(36(42)39-33-23(2)12-10-13-24(33)3)45-29-17-11-16-27(22-29)37-35(41)30(38-34(40)25-14-8-7-9-15-25)21-26-20-28(43-4)18-19-31(26)44-5/h7-22,32H,6H2,1-5H3,(H,37,41)(H,38,40)(H,39,42)/b30-21+. The molecule has 232 valence electrons. The van der Waals surface area contributed by atoms with Crippen LogP contribution in [0.15, 0.2) is 102 Å². The van der Waals surface area contributed by atoms with E-state index in [1.807, 2.05) is 57.2 Å². The van der Waals surface area contributed by atoms with Crippen LogP contribution in [0.2, 0.25) is 0 Å². The minimum Gasteiger partial charge on any atom is -0.497 e. The number of hydrogen-bond donors (Lipinski definition) is 3.